The van der Waals surface area contributed by atoms with Crippen LogP contribution in [-0.4, -0.2) is 9.97 Å². The maximum Gasteiger partial charge on any atom is 0.142 e. The zero-order chi connectivity index (χ0) is 5.98. The lowest BCUT2D eigenvalue weighted by Crippen LogP contribution is -1.94. The molecule has 1 heterocycles. The van der Waals surface area contributed by atoms with E-state index in [1.54, 1.807) is 0 Å². The summed E-state index contributed by atoms with van der Waals surface area (Å²) in [7, 11) is 0. The molecule has 0 saturated heterocycles. The fraction of sp³-hybridized carbons (Fsp3) is 0. The van der Waals surface area contributed by atoms with Gasteiger partial charge in [-0.15, -0.1) is 0 Å². The van der Waals surface area contributed by atoms with E-state index in [1.165, 1.54) is 12.4 Å². The second kappa shape index (κ2) is 1.65. The van der Waals surface area contributed by atoms with E-state index in [0.717, 1.165) is 0 Å². The molecule has 4 N–H and O–H groups in total. The van der Waals surface area contributed by atoms with E-state index < -0.39 is 0 Å². The summed E-state index contributed by atoms with van der Waals surface area (Å²) < 4.78 is 0. The van der Waals surface area contributed by atoms with E-state index in [0.29, 0.717) is 11.6 Å². The lowest BCUT2D eigenvalue weighted by atomic mass is 10.6. The normalized spacial score (nSPS) is 9.00. The van der Waals surface area contributed by atoms with Crippen LogP contribution >= 0.6 is 0 Å². The monoisotopic (exact) mass is 110 g/mol. The molecule has 0 spiro atoms. The van der Waals surface area contributed by atoms with Gasteiger partial charge in [0.15, 0.2) is 0 Å². The average molecular weight is 110 g/mol. The Morgan fingerprint density at radius 3 is 1.62 bits per heavy atom. The predicted octanol–water partition coefficient (Wildman–Crippen LogP) is -0.359. The van der Waals surface area contributed by atoms with Gasteiger partial charge in [-0.25, -0.2) is 9.97 Å². The molecular weight excluding hydrogens is 104 g/mol. The maximum atomic E-state index is 5.20. The molecule has 0 aliphatic rings. The fourth-order valence-corrected chi connectivity index (χ4v) is 0.348. The van der Waals surface area contributed by atoms with Crippen LogP contribution in [0.5, 0.6) is 0 Å². The highest BCUT2D eigenvalue weighted by Gasteiger charge is 1.83. The van der Waals surface area contributed by atoms with Crippen LogP contribution < -0.4 is 11.5 Å². The van der Waals surface area contributed by atoms with Crippen LogP contribution in [0.4, 0.5) is 11.6 Å². The number of aromatic nitrogens is 2. The first kappa shape index (κ1) is 4.83. The van der Waals surface area contributed by atoms with Crippen LogP contribution in [0.3, 0.4) is 0 Å². The second-order valence-electron chi connectivity index (χ2n) is 1.37. The van der Waals surface area contributed by atoms with Gasteiger partial charge in [-0.3, -0.25) is 0 Å². The van der Waals surface area contributed by atoms with Crippen molar-refractivity contribution in [2.24, 2.45) is 0 Å². The zero-order valence-electron chi connectivity index (χ0n) is 4.20. The predicted molar refractivity (Wildman–Crippen MR) is 30.9 cm³/mol. The molecule has 42 valence electrons. The number of hydrogen-bond donors (Lipinski definition) is 2. The molecule has 1 aromatic rings. The van der Waals surface area contributed by atoms with Gasteiger partial charge < -0.3 is 11.5 Å². The van der Waals surface area contributed by atoms with Crippen LogP contribution in [0.15, 0.2) is 12.4 Å². The van der Waals surface area contributed by atoms with Gasteiger partial charge in [0.2, 0.25) is 0 Å². The van der Waals surface area contributed by atoms with Gasteiger partial charge in [0, 0.05) is 0 Å². The van der Waals surface area contributed by atoms with Crippen molar-refractivity contribution < 1.29 is 0 Å². The van der Waals surface area contributed by atoms with Crippen molar-refractivity contribution in [3.63, 3.8) is 0 Å². The van der Waals surface area contributed by atoms with E-state index in [2.05, 4.69) is 9.97 Å². The van der Waals surface area contributed by atoms with Crippen LogP contribution in [0, 0.1) is 0 Å². The molecule has 0 bridgehead atoms. The Hall–Kier alpha value is -1.32. The van der Waals surface area contributed by atoms with Crippen LogP contribution in [0.25, 0.3) is 0 Å². The van der Waals surface area contributed by atoms with Crippen LogP contribution in [0.2, 0.25) is 0 Å². The lowest BCUT2D eigenvalue weighted by Gasteiger charge is -1.88. The summed E-state index contributed by atoms with van der Waals surface area (Å²) in [5, 5.41) is 0. The van der Waals surface area contributed by atoms with Gasteiger partial charge in [0.05, 0.1) is 12.4 Å². The number of nitrogens with zero attached hydrogens (tertiary/aromatic N) is 2. The summed E-state index contributed by atoms with van der Waals surface area (Å²) >= 11 is 0. The first-order valence-electron chi connectivity index (χ1n) is 2.12. The van der Waals surface area contributed by atoms with E-state index in [1.807, 2.05) is 0 Å². The highest BCUT2D eigenvalue weighted by atomic mass is 14.9. The standard InChI is InChI=1S/C4H6N4/c5-3-1-7-4(6)2-8-3/h1-2H,(H2,6,7)(H2,5,8). The number of nitrogen functional groups attached to an aromatic ring is 2. The lowest BCUT2D eigenvalue weighted by molar-refractivity contribution is 1.22. The molecule has 0 aromatic carbocycles. The van der Waals surface area contributed by atoms with Gasteiger partial charge in [-0.1, -0.05) is 0 Å². The molecule has 0 unspecified atom stereocenters. The van der Waals surface area contributed by atoms with Crippen LogP contribution in [0.1, 0.15) is 0 Å². The second-order valence-corrected chi connectivity index (χ2v) is 1.37. The van der Waals surface area contributed by atoms with Gasteiger partial charge >= 0.3 is 0 Å². The van der Waals surface area contributed by atoms with Crippen molar-refractivity contribution in [3.8, 4) is 0 Å². The molecule has 0 radical (unpaired) electrons. The Morgan fingerprint density at radius 2 is 1.38 bits per heavy atom. The van der Waals surface area contributed by atoms with Crippen molar-refractivity contribution in [2.75, 3.05) is 11.5 Å². The molecule has 4 nitrogen and oxygen atoms in total. The Labute approximate surface area is 46.6 Å². The third kappa shape index (κ3) is 0.841. The summed E-state index contributed by atoms with van der Waals surface area (Å²) in [6.07, 6.45) is 2.82. The van der Waals surface area contributed by atoms with Gasteiger partial charge in [-0.2, -0.15) is 0 Å². The SMILES string of the molecule is Nc1cnc(N)cn1. The molecule has 8 heavy (non-hydrogen) atoms. The Bertz CT molecular complexity index is 147. The van der Waals surface area contributed by atoms with Gasteiger partial charge in [-0.05, 0) is 0 Å². The molecule has 0 atom stereocenters. The van der Waals surface area contributed by atoms with Crippen molar-refractivity contribution >= 4 is 11.6 Å². The third-order valence-electron chi connectivity index (χ3n) is 0.692. The molecule has 1 aromatic heterocycles. The van der Waals surface area contributed by atoms with Crippen molar-refractivity contribution in [1.82, 2.24) is 9.97 Å². The van der Waals surface area contributed by atoms with Crippen molar-refractivity contribution in [1.29, 1.82) is 0 Å². The summed E-state index contributed by atoms with van der Waals surface area (Å²) in [4.78, 5) is 7.34. The summed E-state index contributed by atoms with van der Waals surface area (Å²) in [5.41, 5.74) is 10.4. The minimum Gasteiger partial charge on any atom is -0.382 e. The quantitative estimate of drug-likeness (QED) is 0.478. The number of rotatable bonds is 0. The minimum absolute atomic E-state index is 0.388. The molecule has 0 aliphatic carbocycles. The molecule has 0 aliphatic heterocycles. The smallest absolute Gasteiger partial charge is 0.142 e. The molecule has 1 rings (SSSR count). The van der Waals surface area contributed by atoms with E-state index in [-0.39, 0.29) is 0 Å². The van der Waals surface area contributed by atoms with Gasteiger partial charge in [0.25, 0.3) is 0 Å². The zero-order valence-corrected chi connectivity index (χ0v) is 4.20. The van der Waals surface area contributed by atoms with Gasteiger partial charge in [0.1, 0.15) is 11.6 Å². The first-order valence-corrected chi connectivity index (χ1v) is 2.12. The number of nitrogens with two attached hydrogens (primary N) is 2. The largest absolute Gasteiger partial charge is 0.382 e. The Kier molecular flexibility index (Phi) is 0.997. The van der Waals surface area contributed by atoms with E-state index in [9.17, 15) is 0 Å². The Morgan fingerprint density at radius 1 is 1.00 bits per heavy atom. The minimum atomic E-state index is 0.388. The average Bonchev–Trinajstić information content (AvgIpc) is 1.77. The highest BCUT2D eigenvalue weighted by molar-refractivity contribution is 5.30. The summed E-state index contributed by atoms with van der Waals surface area (Å²) in [6, 6.07) is 0. The molecule has 0 amide bonds. The molecule has 0 saturated carbocycles. The van der Waals surface area contributed by atoms with Crippen molar-refractivity contribution in [3.05, 3.63) is 12.4 Å². The molecule has 0 fully saturated rings. The third-order valence-corrected chi connectivity index (χ3v) is 0.692. The topological polar surface area (TPSA) is 77.8 Å². The van der Waals surface area contributed by atoms with E-state index in [4.69, 9.17) is 11.5 Å². The Balaban J connectivity index is 3.03. The summed E-state index contributed by atoms with van der Waals surface area (Å²) in [6.45, 7) is 0. The molecule has 4 heteroatoms. The number of anilines is 2. The van der Waals surface area contributed by atoms with Crippen molar-refractivity contribution in [2.45, 2.75) is 0 Å². The van der Waals surface area contributed by atoms with E-state index >= 15 is 0 Å². The van der Waals surface area contributed by atoms with Crippen LogP contribution in [-0.2, 0) is 0 Å². The first-order chi connectivity index (χ1) is 3.79. The number of hydrogen-bond acceptors (Lipinski definition) is 4. The fourth-order valence-electron chi connectivity index (χ4n) is 0.348. The summed E-state index contributed by atoms with van der Waals surface area (Å²) in [5.74, 6) is 0.776. The maximum absolute atomic E-state index is 5.20. The molecular formula is C4H6N4. The highest BCUT2D eigenvalue weighted by Crippen LogP contribution is 1.94.